The minimum Gasteiger partial charge on any atom is -0.341 e. The Morgan fingerprint density at radius 1 is 1.13 bits per heavy atom. The van der Waals surface area contributed by atoms with Crippen molar-refractivity contribution in [1.29, 1.82) is 5.26 Å². The fourth-order valence-corrected chi connectivity index (χ4v) is 2.86. The van der Waals surface area contributed by atoms with Gasteiger partial charge in [0.25, 0.3) is 0 Å². The van der Waals surface area contributed by atoms with Crippen LogP contribution in [0.25, 0.3) is 0 Å². The molecule has 1 aliphatic heterocycles. The molecule has 1 fully saturated rings. The van der Waals surface area contributed by atoms with Crippen molar-refractivity contribution in [3.8, 4) is 6.07 Å². The molecule has 3 rings (SSSR count). The maximum Gasteiger partial charge on any atom is 0.435 e. The number of hydrogen-bond donors (Lipinski definition) is 1. The van der Waals surface area contributed by atoms with Crippen LogP contribution < -0.4 is 0 Å². The normalized spacial score (nSPS) is 15.3. The summed E-state index contributed by atoms with van der Waals surface area (Å²) in [7, 11) is 0. The lowest BCUT2D eigenvalue weighted by molar-refractivity contribution is -0.142. The Hall–Kier alpha value is -3.04. The molecule has 170 valence electrons. The third kappa shape index (κ3) is 6.73. The highest BCUT2D eigenvalue weighted by Gasteiger charge is 2.35. The smallest absolute Gasteiger partial charge is 0.341 e. The number of nitrogens with zero attached hydrogens (tertiary/aromatic N) is 5. The second-order valence-electron chi connectivity index (χ2n) is 7.04. The number of rotatable bonds is 2. The molecule has 3 heterocycles. The first-order valence-electron chi connectivity index (χ1n) is 9.19. The Morgan fingerprint density at radius 3 is 2.10 bits per heavy atom. The number of aromatic nitrogens is 4. The van der Waals surface area contributed by atoms with Gasteiger partial charge < -0.3 is 4.90 Å². The molecule has 31 heavy (non-hydrogen) atoms. The van der Waals surface area contributed by atoms with Crippen LogP contribution in [0.15, 0.2) is 12.1 Å². The molecule has 0 spiro atoms. The van der Waals surface area contributed by atoms with Crippen molar-refractivity contribution in [2.24, 2.45) is 5.92 Å². The Labute approximate surface area is 173 Å². The molecule has 2 aromatic rings. The van der Waals surface area contributed by atoms with Gasteiger partial charge in [-0.1, -0.05) is 0 Å². The number of nitrogens with one attached hydrogen (secondary N) is 1. The number of piperidine rings is 1. The van der Waals surface area contributed by atoms with Crippen molar-refractivity contribution in [2.75, 3.05) is 13.1 Å². The van der Waals surface area contributed by atoms with Crippen LogP contribution in [0.3, 0.4) is 0 Å². The summed E-state index contributed by atoms with van der Waals surface area (Å²) >= 11 is 0. The second kappa shape index (κ2) is 9.40. The van der Waals surface area contributed by atoms with Crippen LogP contribution in [0.4, 0.5) is 26.3 Å². The van der Waals surface area contributed by atoms with Gasteiger partial charge in [-0.25, -0.2) is 0 Å². The summed E-state index contributed by atoms with van der Waals surface area (Å²) in [6.07, 6.45) is -7.63. The molecule has 1 saturated heterocycles. The number of halogens is 6. The third-order valence-corrected chi connectivity index (χ3v) is 4.58. The first-order chi connectivity index (χ1) is 14.3. The summed E-state index contributed by atoms with van der Waals surface area (Å²) in [5.74, 6) is -0.316. The Kier molecular flexibility index (Phi) is 7.35. The zero-order chi connectivity index (χ0) is 23.4. The van der Waals surface area contributed by atoms with E-state index in [1.165, 1.54) is 13.8 Å². The van der Waals surface area contributed by atoms with Gasteiger partial charge in [0.1, 0.15) is 6.54 Å². The van der Waals surface area contributed by atoms with Gasteiger partial charge in [0.05, 0.1) is 6.07 Å². The Bertz CT molecular complexity index is 931. The van der Waals surface area contributed by atoms with Crippen molar-refractivity contribution < 1.29 is 31.1 Å². The van der Waals surface area contributed by atoms with Crippen LogP contribution in [0.5, 0.6) is 0 Å². The van der Waals surface area contributed by atoms with Gasteiger partial charge in [0.15, 0.2) is 11.4 Å². The largest absolute Gasteiger partial charge is 0.435 e. The van der Waals surface area contributed by atoms with E-state index in [1.807, 2.05) is 0 Å². The summed E-state index contributed by atoms with van der Waals surface area (Å²) in [5.41, 5.74) is -1.16. The van der Waals surface area contributed by atoms with Crippen LogP contribution in [-0.4, -0.2) is 43.9 Å². The summed E-state index contributed by atoms with van der Waals surface area (Å²) < 4.78 is 73.9. The fraction of sp³-hybridized carbons (Fsp3) is 0.556. The SMILES string of the molecule is Cc1cc(C(F)(F)F)n[nH]1.Cc1cc(C(F)(F)F)nn1CC(=O)N1CCC(C#N)CC1. The molecule has 0 atom stereocenters. The second-order valence-corrected chi connectivity index (χ2v) is 7.04. The molecule has 7 nitrogen and oxygen atoms in total. The summed E-state index contributed by atoms with van der Waals surface area (Å²) in [5, 5.41) is 17.5. The van der Waals surface area contributed by atoms with E-state index in [1.54, 1.807) is 4.90 Å². The predicted molar refractivity (Wildman–Crippen MR) is 95.2 cm³/mol. The van der Waals surface area contributed by atoms with Gasteiger partial charge in [-0.05, 0) is 38.8 Å². The van der Waals surface area contributed by atoms with E-state index in [0.717, 1.165) is 16.8 Å². The molecule has 2 aromatic heterocycles. The quantitative estimate of drug-likeness (QED) is 0.707. The van der Waals surface area contributed by atoms with Crippen molar-refractivity contribution >= 4 is 5.91 Å². The molecule has 13 heteroatoms. The van der Waals surface area contributed by atoms with Gasteiger partial charge >= 0.3 is 12.4 Å². The highest BCUT2D eigenvalue weighted by atomic mass is 19.4. The van der Waals surface area contributed by atoms with Gasteiger partial charge in [-0.3, -0.25) is 14.6 Å². The Morgan fingerprint density at radius 2 is 1.71 bits per heavy atom. The van der Waals surface area contributed by atoms with Crippen LogP contribution in [0.1, 0.15) is 35.6 Å². The van der Waals surface area contributed by atoms with Crippen molar-refractivity contribution in [1.82, 2.24) is 24.9 Å². The number of amides is 1. The molecular weight excluding hydrogens is 430 g/mol. The van der Waals surface area contributed by atoms with Gasteiger partial charge in [-0.15, -0.1) is 0 Å². The molecule has 0 aliphatic carbocycles. The van der Waals surface area contributed by atoms with E-state index in [0.29, 0.717) is 37.3 Å². The number of carbonyl (C=O) groups is 1. The van der Waals surface area contributed by atoms with E-state index in [-0.39, 0.29) is 18.4 Å². The molecule has 0 radical (unpaired) electrons. The molecule has 1 aliphatic rings. The van der Waals surface area contributed by atoms with Gasteiger partial charge in [0, 0.05) is 30.4 Å². The number of aryl methyl sites for hydroxylation is 2. The molecule has 0 unspecified atom stereocenters. The minimum absolute atomic E-state index is 0.0441. The van der Waals surface area contributed by atoms with Crippen LogP contribution in [-0.2, 0) is 23.7 Å². The van der Waals surface area contributed by atoms with E-state index < -0.39 is 23.7 Å². The molecule has 1 amide bonds. The maximum atomic E-state index is 12.6. The summed E-state index contributed by atoms with van der Waals surface area (Å²) in [6.45, 7) is 3.71. The molecular formula is C18H20F6N6O. The highest BCUT2D eigenvalue weighted by Crippen LogP contribution is 2.29. The fourth-order valence-electron chi connectivity index (χ4n) is 2.86. The van der Waals surface area contributed by atoms with E-state index in [9.17, 15) is 31.1 Å². The monoisotopic (exact) mass is 450 g/mol. The lowest BCUT2D eigenvalue weighted by atomic mass is 9.99. The van der Waals surface area contributed by atoms with Crippen molar-refractivity contribution in [3.63, 3.8) is 0 Å². The lowest BCUT2D eigenvalue weighted by Gasteiger charge is -2.29. The summed E-state index contributed by atoms with van der Waals surface area (Å²) in [4.78, 5) is 13.6. The maximum absolute atomic E-state index is 12.6. The number of H-pyrrole nitrogens is 1. The van der Waals surface area contributed by atoms with Crippen molar-refractivity contribution in [2.45, 2.75) is 45.6 Å². The van der Waals surface area contributed by atoms with E-state index in [4.69, 9.17) is 5.26 Å². The third-order valence-electron chi connectivity index (χ3n) is 4.58. The summed E-state index contributed by atoms with van der Waals surface area (Å²) in [6, 6.07) is 4.05. The molecule has 1 N–H and O–H groups in total. The highest BCUT2D eigenvalue weighted by molar-refractivity contribution is 5.76. The average molecular weight is 450 g/mol. The zero-order valence-electron chi connectivity index (χ0n) is 16.7. The molecule has 0 saturated carbocycles. The molecule has 0 bridgehead atoms. The van der Waals surface area contributed by atoms with Gasteiger partial charge in [0.2, 0.25) is 5.91 Å². The topological polar surface area (TPSA) is 90.6 Å². The zero-order valence-corrected chi connectivity index (χ0v) is 16.7. The Balaban J connectivity index is 0.000000285. The standard InChI is InChI=1S/C13H15F3N4O.C5H5F3N2/c1-9-6-11(13(14,15)16)18-20(9)8-12(21)19-4-2-10(7-17)3-5-19;1-3-2-4(10-9-3)5(6,7)8/h6,10H,2-5,8H2,1H3;2H,1H3,(H,9,10). The average Bonchev–Trinajstić information content (AvgIpc) is 3.28. The number of carbonyl (C=O) groups excluding carboxylic acids is 1. The number of aromatic amines is 1. The van der Waals surface area contributed by atoms with E-state index >= 15 is 0 Å². The van der Waals surface area contributed by atoms with Crippen molar-refractivity contribution in [3.05, 3.63) is 34.9 Å². The minimum atomic E-state index is -4.51. The number of hydrogen-bond acceptors (Lipinski definition) is 4. The molecule has 0 aromatic carbocycles. The predicted octanol–water partition coefficient (Wildman–Crippen LogP) is 3.71. The van der Waals surface area contributed by atoms with Crippen LogP contribution >= 0.6 is 0 Å². The van der Waals surface area contributed by atoms with E-state index in [2.05, 4.69) is 21.4 Å². The van der Waals surface area contributed by atoms with Gasteiger partial charge in [-0.2, -0.15) is 41.8 Å². The number of alkyl halides is 6. The lowest BCUT2D eigenvalue weighted by Crippen LogP contribution is -2.40. The first kappa shape index (κ1) is 24.2. The van der Waals surface area contributed by atoms with Crippen LogP contribution in [0.2, 0.25) is 0 Å². The number of likely N-dealkylation sites (tertiary alicyclic amines) is 1. The first-order valence-corrected chi connectivity index (χ1v) is 9.19. The number of nitriles is 1. The van der Waals surface area contributed by atoms with Crippen LogP contribution in [0, 0.1) is 31.1 Å².